The largest absolute Gasteiger partial charge is 0.311 e. The summed E-state index contributed by atoms with van der Waals surface area (Å²) in [5.74, 6) is 1.86. The second kappa shape index (κ2) is 3.87. The number of hydrogen-bond acceptors (Lipinski definition) is 4. The second-order valence-electron chi connectivity index (χ2n) is 6.10. The Bertz CT molecular complexity index is 362. The van der Waals surface area contributed by atoms with Crippen LogP contribution in [-0.4, -0.2) is 23.6 Å². The quantitative estimate of drug-likeness (QED) is 0.784. The van der Waals surface area contributed by atoms with Gasteiger partial charge in [-0.2, -0.15) is 5.11 Å². The van der Waals surface area contributed by atoms with Gasteiger partial charge in [-0.1, -0.05) is 13.8 Å². The Morgan fingerprint density at radius 3 is 2.35 bits per heavy atom. The van der Waals surface area contributed by atoms with Gasteiger partial charge in [0, 0.05) is 23.9 Å². The summed E-state index contributed by atoms with van der Waals surface area (Å²) in [7, 11) is 0. The van der Waals surface area contributed by atoms with Gasteiger partial charge in [-0.3, -0.25) is 0 Å². The van der Waals surface area contributed by atoms with E-state index in [1.165, 1.54) is 25.7 Å². The van der Waals surface area contributed by atoms with Crippen LogP contribution in [0.2, 0.25) is 0 Å². The van der Waals surface area contributed by atoms with Gasteiger partial charge in [0.25, 0.3) is 0 Å². The van der Waals surface area contributed by atoms with Crippen molar-refractivity contribution in [2.45, 2.75) is 64.2 Å². The van der Waals surface area contributed by atoms with Gasteiger partial charge >= 0.3 is 0 Å². The van der Waals surface area contributed by atoms with Crippen LogP contribution in [0.25, 0.3) is 0 Å². The van der Waals surface area contributed by atoms with Crippen LogP contribution < -0.4 is 5.32 Å². The highest BCUT2D eigenvalue weighted by Gasteiger charge is 2.49. The number of nitrogens with one attached hydrogen (secondary N) is 1. The summed E-state index contributed by atoms with van der Waals surface area (Å²) in [6, 6.07) is 1.39. The van der Waals surface area contributed by atoms with E-state index in [0.29, 0.717) is 23.9 Å². The maximum absolute atomic E-state index is 4.80. The Morgan fingerprint density at radius 1 is 1.24 bits per heavy atom. The second-order valence-corrected chi connectivity index (χ2v) is 6.10. The number of rotatable bonds is 2. The summed E-state index contributed by atoms with van der Waals surface area (Å²) in [5, 5.41) is 12.5. The van der Waals surface area contributed by atoms with E-state index in [0.717, 1.165) is 5.84 Å². The van der Waals surface area contributed by atoms with Gasteiger partial charge in [0.1, 0.15) is 5.84 Å². The maximum atomic E-state index is 4.80. The minimum atomic E-state index is -0.257. The summed E-state index contributed by atoms with van der Waals surface area (Å²) in [6.45, 7) is 6.42. The smallest absolute Gasteiger partial charge is 0.178 e. The first-order chi connectivity index (χ1) is 8.10. The number of fused-ring (bicyclic) bond motifs is 2. The molecule has 4 nitrogen and oxygen atoms in total. The molecular formula is C13H22N4. The van der Waals surface area contributed by atoms with Crippen molar-refractivity contribution in [1.29, 1.82) is 0 Å². The maximum Gasteiger partial charge on any atom is 0.178 e. The molecule has 3 unspecified atom stereocenters. The van der Waals surface area contributed by atoms with E-state index in [-0.39, 0.29) is 5.66 Å². The standard InChI is InChI=1S/C13H22N4/c1-8(2)13(15-9(3)16-17-13)10-6-11-4-5-12(7-10)14-11/h8,10-12,14H,4-7H2,1-3H3. The summed E-state index contributed by atoms with van der Waals surface area (Å²) in [6.07, 6.45) is 5.08. The van der Waals surface area contributed by atoms with Gasteiger partial charge in [0.15, 0.2) is 5.66 Å². The highest BCUT2D eigenvalue weighted by molar-refractivity contribution is 5.81. The first-order valence-electron chi connectivity index (χ1n) is 6.85. The van der Waals surface area contributed by atoms with Crippen LogP contribution in [0, 0.1) is 11.8 Å². The van der Waals surface area contributed by atoms with E-state index in [1.807, 2.05) is 6.92 Å². The molecule has 0 aliphatic carbocycles. The number of piperidine rings is 1. The van der Waals surface area contributed by atoms with Crippen LogP contribution in [0.3, 0.4) is 0 Å². The number of aliphatic imine (C=N–C) groups is 1. The van der Waals surface area contributed by atoms with Crippen molar-refractivity contribution < 1.29 is 0 Å². The summed E-state index contributed by atoms with van der Waals surface area (Å²) < 4.78 is 0. The van der Waals surface area contributed by atoms with Crippen LogP contribution in [0.1, 0.15) is 46.5 Å². The van der Waals surface area contributed by atoms with Crippen molar-refractivity contribution >= 4 is 5.84 Å². The predicted molar refractivity (Wildman–Crippen MR) is 68.2 cm³/mol. The number of hydrogen-bond donors (Lipinski definition) is 1. The molecule has 1 N–H and O–H groups in total. The predicted octanol–water partition coefficient (Wildman–Crippen LogP) is 2.75. The van der Waals surface area contributed by atoms with Gasteiger partial charge < -0.3 is 5.32 Å². The van der Waals surface area contributed by atoms with E-state index >= 15 is 0 Å². The zero-order valence-corrected chi connectivity index (χ0v) is 11.0. The zero-order valence-electron chi connectivity index (χ0n) is 11.0. The van der Waals surface area contributed by atoms with Crippen LogP contribution >= 0.6 is 0 Å². The molecule has 3 aliphatic heterocycles. The van der Waals surface area contributed by atoms with E-state index in [1.54, 1.807) is 0 Å². The van der Waals surface area contributed by atoms with Gasteiger partial charge in [-0.05, 0) is 32.6 Å². The molecule has 0 aromatic heterocycles. The minimum absolute atomic E-state index is 0.257. The zero-order chi connectivity index (χ0) is 12.0. The van der Waals surface area contributed by atoms with Crippen molar-refractivity contribution in [3.8, 4) is 0 Å². The lowest BCUT2D eigenvalue weighted by Gasteiger charge is -2.39. The molecule has 2 fully saturated rings. The highest BCUT2D eigenvalue weighted by Crippen LogP contribution is 2.45. The van der Waals surface area contributed by atoms with E-state index in [2.05, 4.69) is 29.4 Å². The van der Waals surface area contributed by atoms with E-state index < -0.39 is 0 Å². The van der Waals surface area contributed by atoms with Gasteiger partial charge in [-0.15, -0.1) is 5.11 Å². The molecule has 3 atom stereocenters. The molecular weight excluding hydrogens is 212 g/mol. The van der Waals surface area contributed by atoms with Gasteiger partial charge in [0.05, 0.1) is 0 Å². The van der Waals surface area contributed by atoms with Gasteiger partial charge in [-0.25, -0.2) is 4.99 Å². The van der Waals surface area contributed by atoms with Crippen LogP contribution in [0.4, 0.5) is 0 Å². The normalized spacial score (nSPS) is 44.5. The lowest BCUT2D eigenvalue weighted by molar-refractivity contribution is 0.144. The molecule has 0 aromatic carbocycles. The molecule has 3 heterocycles. The van der Waals surface area contributed by atoms with Crippen LogP contribution in [0.15, 0.2) is 15.2 Å². The minimum Gasteiger partial charge on any atom is -0.311 e. The Hall–Kier alpha value is -0.770. The average molecular weight is 234 g/mol. The molecule has 0 amide bonds. The van der Waals surface area contributed by atoms with Gasteiger partial charge in [0.2, 0.25) is 0 Å². The number of azo groups is 1. The third kappa shape index (κ3) is 1.73. The number of amidine groups is 1. The molecule has 2 saturated heterocycles. The average Bonchev–Trinajstić information content (AvgIpc) is 2.83. The fourth-order valence-electron chi connectivity index (χ4n) is 3.75. The van der Waals surface area contributed by atoms with E-state index in [9.17, 15) is 0 Å². The molecule has 2 bridgehead atoms. The Balaban J connectivity index is 1.88. The molecule has 0 aromatic rings. The Kier molecular flexibility index (Phi) is 2.58. The summed E-state index contributed by atoms with van der Waals surface area (Å²) in [4.78, 5) is 4.80. The summed E-state index contributed by atoms with van der Waals surface area (Å²) >= 11 is 0. The monoisotopic (exact) mass is 234 g/mol. The van der Waals surface area contributed by atoms with Crippen molar-refractivity contribution in [3.05, 3.63) is 0 Å². The Labute approximate surface area is 103 Å². The summed E-state index contributed by atoms with van der Waals surface area (Å²) in [5.41, 5.74) is -0.257. The van der Waals surface area contributed by atoms with Crippen molar-refractivity contribution in [1.82, 2.24) is 5.32 Å². The number of nitrogens with zero attached hydrogens (tertiary/aromatic N) is 3. The third-order valence-corrected chi connectivity index (χ3v) is 4.62. The van der Waals surface area contributed by atoms with E-state index in [4.69, 9.17) is 4.99 Å². The van der Waals surface area contributed by atoms with Crippen LogP contribution in [-0.2, 0) is 0 Å². The fourth-order valence-corrected chi connectivity index (χ4v) is 3.75. The molecule has 0 spiro atoms. The molecule has 3 aliphatic rings. The molecule has 0 radical (unpaired) electrons. The van der Waals surface area contributed by atoms with Crippen LogP contribution in [0.5, 0.6) is 0 Å². The lowest BCUT2D eigenvalue weighted by atomic mass is 9.76. The van der Waals surface area contributed by atoms with Crippen molar-refractivity contribution in [2.75, 3.05) is 0 Å². The third-order valence-electron chi connectivity index (χ3n) is 4.62. The Morgan fingerprint density at radius 2 is 1.88 bits per heavy atom. The fraction of sp³-hybridized carbons (Fsp3) is 0.923. The van der Waals surface area contributed by atoms with Crippen molar-refractivity contribution in [3.63, 3.8) is 0 Å². The molecule has 17 heavy (non-hydrogen) atoms. The lowest BCUT2D eigenvalue weighted by Crippen LogP contribution is -2.48. The first kappa shape index (κ1) is 11.3. The molecule has 0 saturated carbocycles. The molecule has 4 heteroatoms. The highest BCUT2D eigenvalue weighted by atomic mass is 15.3. The van der Waals surface area contributed by atoms with Crippen molar-refractivity contribution in [2.24, 2.45) is 27.1 Å². The topological polar surface area (TPSA) is 49.1 Å². The first-order valence-corrected chi connectivity index (χ1v) is 6.85. The molecule has 94 valence electrons. The molecule has 3 rings (SSSR count). The SMILES string of the molecule is CC1=NC(C(C)C)(C2CC3CCC(C2)N3)N=N1.